The molecule has 6 heteroatoms. The Morgan fingerprint density at radius 3 is 2.57 bits per heavy atom. The molecule has 1 aromatic heterocycles. The summed E-state index contributed by atoms with van der Waals surface area (Å²) in [6.45, 7) is 0.00102. The highest BCUT2D eigenvalue weighted by Gasteiger charge is 2.47. The maximum absolute atomic E-state index is 12.1. The van der Waals surface area contributed by atoms with Gasteiger partial charge in [0.05, 0.1) is 5.92 Å². The van der Waals surface area contributed by atoms with Crippen LogP contribution in [-0.4, -0.2) is 29.2 Å². The molecular weight excluding hydrogens is 195 g/mol. The Labute approximate surface area is 78.6 Å². The standard InChI is InChI=1S/C8H8F3N3/c9-8(10,11)6-3-14(4-6)7-1-2-12-5-13-7/h1-2,5-6H,3-4H2. The van der Waals surface area contributed by atoms with Crippen LogP contribution in [0.3, 0.4) is 0 Å². The Morgan fingerprint density at radius 2 is 2.07 bits per heavy atom. The molecule has 2 rings (SSSR count). The minimum absolute atomic E-state index is 0.000509. The Kier molecular flexibility index (Phi) is 2.05. The second-order valence-corrected chi connectivity index (χ2v) is 3.21. The molecule has 0 amide bonds. The SMILES string of the molecule is FC(F)(F)C1CN(c2ccncn2)C1. The van der Waals surface area contributed by atoms with Crippen LogP contribution in [0.25, 0.3) is 0 Å². The number of alkyl halides is 3. The molecule has 1 aromatic rings. The van der Waals surface area contributed by atoms with Crippen molar-refractivity contribution in [2.75, 3.05) is 18.0 Å². The summed E-state index contributed by atoms with van der Waals surface area (Å²) in [5.74, 6) is -0.655. The van der Waals surface area contributed by atoms with Crippen LogP contribution in [-0.2, 0) is 0 Å². The van der Waals surface area contributed by atoms with Crippen molar-refractivity contribution < 1.29 is 13.2 Å². The molecule has 76 valence electrons. The van der Waals surface area contributed by atoms with Crippen LogP contribution in [0.15, 0.2) is 18.6 Å². The van der Waals surface area contributed by atoms with Gasteiger partial charge < -0.3 is 4.90 Å². The van der Waals surface area contributed by atoms with Gasteiger partial charge in [0, 0.05) is 19.3 Å². The van der Waals surface area contributed by atoms with Gasteiger partial charge in [-0.3, -0.25) is 0 Å². The van der Waals surface area contributed by atoms with E-state index >= 15 is 0 Å². The molecule has 0 unspecified atom stereocenters. The molecule has 2 heterocycles. The van der Waals surface area contributed by atoms with E-state index in [2.05, 4.69) is 9.97 Å². The van der Waals surface area contributed by atoms with Crippen molar-refractivity contribution >= 4 is 5.82 Å². The number of rotatable bonds is 1. The minimum atomic E-state index is -4.08. The molecule has 0 spiro atoms. The topological polar surface area (TPSA) is 29.0 Å². The highest BCUT2D eigenvalue weighted by molar-refractivity contribution is 5.40. The average Bonchev–Trinajstić information content (AvgIpc) is 2.00. The van der Waals surface area contributed by atoms with Gasteiger partial charge in [0.15, 0.2) is 0 Å². The first-order valence-corrected chi connectivity index (χ1v) is 4.15. The lowest BCUT2D eigenvalue weighted by atomic mass is 10.00. The van der Waals surface area contributed by atoms with Crippen molar-refractivity contribution in [3.8, 4) is 0 Å². The van der Waals surface area contributed by atoms with Crippen molar-refractivity contribution in [1.29, 1.82) is 0 Å². The smallest absolute Gasteiger partial charge is 0.355 e. The molecule has 0 saturated carbocycles. The molecule has 1 aliphatic heterocycles. The van der Waals surface area contributed by atoms with E-state index in [4.69, 9.17) is 0 Å². The lowest BCUT2D eigenvalue weighted by Gasteiger charge is -2.40. The van der Waals surface area contributed by atoms with Crippen LogP contribution in [0.1, 0.15) is 0 Å². The van der Waals surface area contributed by atoms with Gasteiger partial charge in [-0.1, -0.05) is 0 Å². The summed E-state index contributed by atoms with van der Waals surface area (Å²) < 4.78 is 36.4. The van der Waals surface area contributed by atoms with E-state index in [1.54, 1.807) is 11.0 Å². The highest BCUT2D eigenvalue weighted by atomic mass is 19.4. The third kappa shape index (κ3) is 1.64. The van der Waals surface area contributed by atoms with E-state index in [0.29, 0.717) is 5.82 Å². The van der Waals surface area contributed by atoms with E-state index < -0.39 is 12.1 Å². The zero-order valence-electron chi connectivity index (χ0n) is 7.20. The van der Waals surface area contributed by atoms with Crippen molar-refractivity contribution in [1.82, 2.24) is 9.97 Å². The van der Waals surface area contributed by atoms with Crippen LogP contribution >= 0.6 is 0 Å². The highest BCUT2D eigenvalue weighted by Crippen LogP contribution is 2.34. The van der Waals surface area contributed by atoms with Crippen molar-refractivity contribution in [2.24, 2.45) is 5.92 Å². The lowest BCUT2D eigenvalue weighted by molar-refractivity contribution is -0.180. The summed E-state index contributed by atoms with van der Waals surface area (Å²) in [7, 11) is 0. The van der Waals surface area contributed by atoms with Crippen molar-refractivity contribution in [2.45, 2.75) is 6.18 Å². The van der Waals surface area contributed by atoms with Crippen LogP contribution in [0.2, 0.25) is 0 Å². The lowest BCUT2D eigenvalue weighted by Crippen LogP contribution is -2.53. The van der Waals surface area contributed by atoms with Gasteiger partial charge in [0.2, 0.25) is 0 Å². The fourth-order valence-electron chi connectivity index (χ4n) is 1.34. The second-order valence-electron chi connectivity index (χ2n) is 3.21. The summed E-state index contributed by atoms with van der Waals surface area (Å²) in [6, 6.07) is 1.60. The number of aromatic nitrogens is 2. The number of hydrogen-bond donors (Lipinski definition) is 0. The Balaban J connectivity index is 1.96. The Bertz CT molecular complexity index is 305. The van der Waals surface area contributed by atoms with E-state index in [-0.39, 0.29) is 13.1 Å². The first kappa shape index (κ1) is 9.23. The van der Waals surface area contributed by atoms with Crippen molar-refractivity contribution in [3.63, 3.8) is 0 Å². The first-order chi connectivity index (χ1) is 6.57. The van der Waals surface area contributed by atoms with Gasteiger partial charge in [-0.2, -0.15) is 13.2 Å². The number of nitrogens with zero attached hydrogens (tertiary/aromatic N) is 3. The first-order valence-electron chi connectivity index (χ1n) is 4.15. The van der Waals surface area contributed by atoms with Gasteiger partial charge in [-0.25, -0.2) is 9.97 Å². The van der Waals surface area contributed by atoms with Gasteiger partial charge in [-0.15, -0.1) is 0 Å². The molecule has 1 saturated heterocycles. The zero-order chi connectivity index (χ0) is 10.2. The third-order valence-electron chi connectivity index (χ3n) is 2.23. The molecule has 3 nitrogen and oxygen atoms in total. The molecule has 0 aliphatic carbocycles. The van der Waals surface area contributed by atoms with E-state index in [1.165, 1.54) is 12.5 Å². The molecule has 0 N–H and O–H groups in total. The van der Waals surface area contributed by atoms with Gasteiger partial charge in [0.25, 0.3) is 0 Å². The van der Waals surface area contributed by atoms with E-state index in [0.717, 1.165) is 0 Å². The second kappa shape index (κ2) is 3.11. The van der Waals surface area contributed by atoms with Gasteiger partial charge in [-0.05, 0) is 6.07 Å². The van der Waals surface area contributed by atoms with Gasteiger partial charge in [0.1, 0.15) is 12.1 Å². The maximum Gasteiger partial charge on any atom is 0.395 e. The van der Waals surface area contributed by atoms with Crippen LogP contribution in [0, 0.1) is 5.92 Å². The largest absolute Gasteiger partial charge is 0.395 e. The van der Waals surface area contributed by atoms with Crippen molar-refractivity contribution in [3.05, 3.63) is 18.6 Å². The normalized spacial score (nSPS) is 18.1. The molecule has 14 heavy (non-hydrogen) atoms. The molecule has 0 radical (unpaired) electrons. The average molecular weight is 203 g/mol. The molecule has 0 aromatic carbocycles. The van der Waals surface area contributed by atoms with Crippen LogP contribution < -0.4 is 4.90 Å². The molecule has 1 fully saturated rings. The molecule has 1 aliphatic rings. The fourth-order valence-corrected chi connectivity index (χ4v) is 1.34. The summed E-state index contributed by atoms with van der Waals surface area (Å²) in [5, 5.41) is 0. The third-order valence-corrected chi connectivity index (χ3v) is 2.23. The summed E-state index contributed by atoms with van der Waals surface area (Å²) >= 11 is 0. The number of anilines is 1. The predicted octanol–water partition coefficient (Wildman–Crippen LogP) is 1.48. The minimum Gasteiger partial charge on any atom is -0.355 e. The van der Waals surface area contributed by atoms with Crippen LogP contribution in [0.4, 0.5) is 19.0 Å². The van der Waals surface area contributed by atoms with Gasteiger partial charge >= 0.3 is 6.18 Å². The summed E-state index contributed by atoms with van der Waals surface area (Å²) in [4.78, 5) is 9.14. The summed E-state index contributed by atoms with van der Waals surface area (Å²) in [6.07, 6.45) is -1.23. The fraction of sp³-hybridized carbons (Fsp3) is 0.500. The quantitative estimate of drug-likeness (QED) is 0.692. The zero-order valence-corrected chi connectivity index (χ0v) is 7.20. The predicted molar refractivity (Wildman–Crippen MR) is 43.8 cm³/mol. The Hall–Kier alpha value is -1.33. The summed E-state index contributed by atoms with van der Waals surface area (Å²) in [5.41, 5.74) is 0. The number of hydrogen-bond acceptors (Lipinski definition) is 3. The number of halogens is 3. The Morgan fingerprint density at radius 1 is 1.36 bits per heavy atom. The maximum atomic E-state index is 12.1. The molecular formula is C8H8F3N3. The van der Waals surface area contributed by atoms with Crippen LogP contribution in [0.5, 0.6) is 0 Å². The molecule has 0 atom stereocenters. The monoisotopic (exact) mass is 203 g/mol. The molecule has 0 bridgehead atoms. The van der Waals surface area contributed by atoms with E-state index in [1.807, 2.05) is 0 Å². The van der Waals surface area contributed by atoms with E-state index in [9.17, 15) is 13.2 Å².